The molecule has 0 fully saturated rings. The molecule has 0 aliphatic carbocycles. The molecule has 0 radical (unpaired) electrons. The predicted octanol–water partition coefficient (Wildman–Crippen LogP) is 3.80. The summed E-state index contributed by atoms with van der Waals surface area (Å²) in [6.45, 7) is -0.348. The molecule has 0 saturated heterocycles. The van der Waals surface area contributed by atoms with Crippen LogP contribution >= 0.6 is 11.6 Å². The van der Waals surface area contributed by atoms with Gasteiger partial charge >= 0.3 is 6.18 Å². The first kappa shape index (κ1) is 14.2. The first-order chi connectivity index (χ1) is 7.68. The van der Waals surface area contributed by atoms with Crippen molar-refractivity contribution in [2.24, 2.45) is 5.73 Å². The van der Waals surface area contributed by atoms with Gasteiger partial charge in [-0.15, -0.1) is 0 Å². The molecule has 0 spiro atoms. The van der Waals surface area contributed by atoms with Crippen LogP contribution in [-0.2, 0) is 12.1 Å². The van der Waals surface area contributed by atoms with Gasteiger partial charge in [-0.2, -0.15) is 13.2 Å². The van der Waals surface area contributed by atoms with Crippen LogP contribution in [0.25, 0.3) is 0 Å². The molecule has 0 bridgehead atoms. The van der Waals surface area contributed by atoms with Gasteiger partial charge in [-0.25, -0.2) is 8.78 Å². The van der Waals surface area contributed by atoms with Crippen LogP contribution < -0.4 is 5.73 Å². The standard InChI is InChI=1S/C10H9ClF5N/c11-8-2-1-6(10(14,15)16)5-7(8)9(12,13)3-4-17/h1-2,5H,3-4,17H2. The van der Waals surface area contributed by atoms with Crippen molar-refractivity contribution in [3.8, 4) is 0 Å². The quantitative estimate of drug-likeness (QED) is 0.833. The first-order valence-corrected chi connectivity index (χ1v) is 5.01. The minimum atomic E-state index is -4.68. The molecule has 0 aliphatic rings. The molecular weight excluding hydrogens is 265 g/mol. The van der Waals surface area contributed by atoms with Crippen molar-refractivity contribution >= 4 is 11.6 Å². The SMILES string of the molecule is NCCC(F)(F)c1cc(C(F)(F)F)ccc1Cl. The number of halogens is 6. The molecule has 0 aliphatic heterocycles. The third kappa shape index (κ3) is 3.29. The van der Waals surface area contributed by atoms with E-state index in [1.807, 2.05) is 0 Å². The maximum atomic E-state index is 13.5. The largest absolute Gasteiger partial charge is 0.416 e. The number of hydrogen-bond donors (Lipinski definition) is 1. The Morgan fingerprint density at radius 3 is 2.18 bits per heavy atom. The Balaban J connectivity index is 3.24. The fraction of sp³-hybridized carbons (Fsp3) is 0.400. The molecule has 0 amide bonds. The van der Waals surface area contributed by atoms with Crippen LogP contribution in [0.1, 0.15) is 17.5 Å². The molecule has 1 aromatic carbocycles. The Bertz CT molecular complexity index is 402. The highest BCUT2D eigenvalue weighted by atomic mass is 35.5. The Kier molecular flexibility index (Phi) is 3.99. The molecular formula is C10H9ClF5N. The average Bonchev–Trinajstić information content (AvgIpc) is 2.15. The zero-order chi connectivity index (χ0) is 13.3. The summed E-state index contributed by atoms with van der Waals surface area (Å²) in [5, 5.41) is -0.406. The van der Waals surface area contributed by atoms with Gasteiger partial charge in [0.15, 0.2) is 0 Å². The van der Waals surface area contributed by atoms with E-state index in [4.69, 9.17) is 17.3 Å². The highest BCUT2D eigenvalue weighted by molar-refractivity contribution is 6.31. The van der Waals surface area contributed by atoms with Crippen LogP contribution in [0.3, 0.4) is 0 Å². The minimum absolute atomic E-state index is 0.348. The van der Waals surface area contributed by atoms with Crippen LogP contribution in [0.15, 0.2) is 18.2 Å². The molecule has 1 rings (SSSR count). The normalized spacial score (nSPS) is 12.9. The lowest BCUT2D eigenvalue weighted by molar-refractivity contribution is -0.137. The van der Waals surface area contributed by atoms with Gasteiger partial charge < -0.3 is 5.73 Å². The maximum absolute atomic E-state index is 13.5. The summed E-state index contributed by atoms with van der Waals surface area (Å²) < 4.78 is 64.0. The molecule has 0 atom stereocenters. The van der Waals surface area contributed by atoms with E-state index in [0.717, 1.165) is 6.07 Å². The number of nitrogens with two attached hydrogens (primary N) is 1. The third-order valence-corrected chi connectivity index (χ3v) is 2.48. The van der Waals surface area contributed by atoms with Crippen LogP contribution in [0, 0.1) is 0 Å². The Hall–Kier alpha value is -0.880. The van der Waals surface area contributed by atoms with Crippen LogP contribution in [0.4, 0.5) is 22.0 Å². The smallest absolute Gasteiger partial charge is 0.330 e. The van der Waals surface area contributed by atoms with Crippen molar-refractivity contribution in [3.05, 3.63) is 34.3 Å². The van der Waals surface area contributed by atoms with Crippen LogP contribution in [0.5, 0.6) is 0 Å². The summed E-state index contributed by atoms with van der Waals surface area (Å²) in [5.74, 6) is -3.47. The van der Waals surface area contributed by atoms with Crippen molar-refractivity contribution in [1.82, 2.24) is 0 Å². The van der Waals surface area contributed by atoms with Gasteiger partial charge in [0.1, 0.15) is 0 Å². The second-order valence-corrected chi connectivity index (χ2v) is 3.84. The third-order valence-electron chi connectivity index (χ3n) is 2.15. The molecule has 96 valence electrons. The zero-order valence-electron chi connectivity index (χ0n) is 8.49. The molecule has 1 nitrogen and oxygen atoms in total. The van der Waals surface area contributed by atoms with Gasteiger partial charge in [-0.1, -0.05) is 11.6 Å². The van der Waals surface area contributed by atoms with Crippen molar-refractivity contribution < 1.29 is 22.0 Å². The van der Waals surface area contributed by atoms with Gasteiger partial charge in [0, 0.05) is 17.0 Å². The van der Waals surface area contributed by atoms with Gasteiger partial charge in [0.2, 0.25) is 0 Å². The molecule has 0 aromatic heterocycles. The van der Waals surface area contributed by atoms with E-state index in [-0.39, 0.29) is 6.54 Å². The first-order valence-electron chi connectivity index (χ1n) is 4.63. The number of hydrogen-bond acceptors (Lipinski definition) is 1. The summed E-state index contributed by atoms with van der Waals surface area (Å²) in [6.07, 6.45) is -5.44. The lowest BCUT2D eigenvalue weighted by atomic mass is 10.0. The van der Waals surface area contributed by atoms with E-state index in [2.05, 4.69) is 0 Å². The zero-order valence-corrected chi connectivity index (χ0v) is 9.25. The van der Waals surface area contributed by atoms with Gasteiger partial charge in [0.25, 0.3) is 5.92 Å². The number of alkyl halides is 5. The van der Waals surface area contributed by atoms with Crippen molar-refractivity contribution in [3.63, 3.8) is 0 Å². The van der Waals surface area contributed by atoms with Crippen molar-refractivity contribution in [2.45, 2.75) is 18.5 Å². The van der Waals surface area contributed by atoms with Crippen LogP contribution in [-0.4, -0.2) is 6.54 Å². The monoisotopic (exact) mass is 273 g/mol. The van der Waals surface area contributed by atoms with Crippen LogP contribution in [0.2, 0.25) is 5.02 Å². The number of rotatable bonds is 3. The van der Waals surface area contributed by atoms with E-state index >= 15 is 0 Å². The molecule has 0 unspecified atom stereocenters. The molecule has 0 saturated carbocycles. The number of benzene rings is 1. The van der Waals surface area contributed by atoms with E-state index in [0.29, 0.717) is 12.1 Å². The lowest BCUT2D eigenvalue weighted by Crippen LogP contribution is -2.20. The molecule has 1 aromatic rings. The summed E-state index contributed by atoms with van der Waals surface area (Å²) in [7, 11) is 0. The lowest BCUT2D eigenvalue weighted by Gasteiger charge is -2.18. The molecule has 0 heterocycles. The molecule has 17 heavy (non-hydrogen) atoms. The minimum Gasteiger partial charge on any atom is -0.330 e. The van der Waals surface area contributed by atoms with E-state index in [1.54, 1.807) is 0 Å². The second-order valence-electron chi connectivity index (χ2n) is 3.44. The van der Waals surface area contributed by atoms with E-state index in [9.17, 15) is 22.0 Å². The topological polar surface area (TPSA) is 26.0 Å². The average molecular weight is 274 g/mol. The fourth-order valence-corrected chi connectivity index (χ4v) is 1.55. The summed E-state index contributed by atoms with van der Waals surface area (Å²) >= 11 is 5.48. The molecule has 2 N–H and O–H groups in total. The van der Waals surface area contributed by atoms with Gasteiger partial charge in [-0.05, 0) is 24.7 Å². The van der Waals surface area contributed by atoms with Crippen molar-refractivity contribution in [1.29, 1.82) is 0 Å². The fourth-order valence-electron chi connectivity index (χ4n) is 1.30. The summed E-state index contributed by atoms with van der Waals surface area (Å²) in [4.78, 5) is 0. The highest BCUT2D eigenvalue weighted by Crippen LogP contribution is 2.39. The van der Waals surface area contributed by atoms with E-state index in [1.165, 1.54) is 0 Å². The van der Waals surface area contributed by atoms with E-state index < -0.39 is 34.7 Å². The summed E-state index contributed by atoms with van der Waals surface area (Å²) in [5.41, 5.74) is 2.97. The maximum Gasteiger partial charge on any atom is 0.416 e. The molecule has 7 heteroatoms. The summed E-state index contributed by atoms with van der Waals surface area (Å²) in [6, 6.07) is 1.83. The Morgan fingerprint density at radius 2 is 1.71 bits per heavy atom. The van der Waals surface area contributed by atoms with Gasteiger partial charge in [-0.3, -0.25) is 0 Å². The Morgan fingerprint density at radius 1 is 1.12 bits per heavy atom. The van der Waals surface area contributed by atoms with Gasteiger partial charge in [0.05, 0.1) is 5.56 Å². The Labute approximate surface area is 99.4 Å². The predicted molar refractivity (Wildman–Crippen MR) is 54.0 cm³/mol. The second kappa shape index (κ2) is 4.78. The highest BCUT2D eigenvalue weighted by Gasteiger charge is 2.37. The van der Waals surface area contributed by atoms with Crippen molar-refractivity contribution in [2.75, 3.05) is 6.54 Å².